The van der Waals surface area contributed by atoms with Gasteiger partial charge in [-0.2, -0.15) is 5.26 Å². The molecule has 0 aromatic heterocycles. The molecule has 0 aliphatic carbocycles. The summed E-state index contributed by atoms with van der Waals surface area (Å²) in [4.78, 5) is 0. The Balaban J connectivity index is 2.41. The number of hydrogen-bond acceptors (Lipinski definition) is 2. The van der Waals surface area contributed by atoms with Crippen molar-refractivity contribution < 1.29 is 4.39 Å². The fourth-order valence-corrected chi connectivity index (χ4v) is 2.00. The predicted molar refractivity (Wildman–Crippen MR) is 76.1 cm³/mol. The molecule has 0 heterocycles. The van der Waals surface area contributed by atoms with E-state index >= 15 is 0 Å². The molecule has 0 spiro atoms. The number of nitrogens with one attached hydrogen (secondary N) is 1. The number of nitriles is 1. The minimum atomic E-state index is -0.249. The lowest BCUT2D eigenvalue weighted by atomic mass is 10.0. The smallest absolute Gasteiger partial charge is 0.127 e. The van der Waals surface area contributed by atoms with Gasteiger partial charge < -0.3 is 5.32 Å². The minimum Gasteiger partial charge on any atom is -0.310 e. The topological polar surface area (TPSA) is 35.8 Å². The lowest BCUT2D eigenvalue weighted by Crippen LogP contribution is -2.26. The Morgan fingerprint density at radius 1 is 1.26 bits per heavy atom. The van der Waals surface area contributed by atoms with Crippen LogP contribution >= 0.6 is 0 Å². The Morgan fingerprint density at radius 3 is 2.63 bits per heavy atom. The molecular formula is C16H23FN2. The normalized spacial score (nSPS) is 12.4. The van der Waals surface area contributed by atoms with Gasteiger partial charge in [-0.25, -0.2) is 4.39 Å². The van der Waals surface area contributed by atoms with E-state index in [0.29, 0.717) is 23.7 Å². The molecule has 0 saturated carbocycles. The van der Waals surface area contributed by atoms with Crippen molar-refractivity contribution in [3.63, 3.8) is 0 Å². The second kappa shape index (κ2) is 7.91. The Hall–Kier alpha value is -1.40. The average molecular weight is 262 g/mol. The van der Waals surface area contributed by atoms with E-state index in [4.69, 9.17) is 5.26 Å². The maximum absolute atomic E-state index is 13.6. The summed E-state index contributed by atoms with van der Waals surface area (Å²) in [5.41, 5.74) is 1.07. The zero-order valence-electron chi connectivity index (χ0n) is 12.0. The molecule has 1 aromatic rings. The van der Waals surface area contributed by atoms with Crippen molar-refractivity contribution in [3.05, 3.63) is 35.1 Å². The van der Waals surface area contributed by atoms with Crippen molar-refractivity contribution in [2.75, 3.05) is 0 Å². The predicted octanol–water partition coefficient (Wildman–Crippen LogP) is 4.00. The summed E-state index contributed by atoms with van der Waals surface area (Å²) in [6.45, 7) is 7.04. The summed E-state index contributed by atoms with van der Waals surface area (Å²) in [5, 5.41) is 12.1. The van der Waals surface area contributed by atoms with E-state index < -0.39 is 0 Å². The zero-order chi connectivity index (χ0) is 14.3. The second-order valence-corrected chi connectivity index (χ2v) is 5.52. The lowest BCUT2D eigenvalue weighted by Gasteiger charge is -2.15. The summed E-state index contributed by atoms with van der Waals surface area (Å²) in [7, 11) is 0. The van der Waals surface area contributed by atoms with Gasteiger partial charge in [0, 0.05) is 18.2 Å². The van der Waals surface area contributed by atoms with Crippen LogP contribution in [0.3, 0.4) is 0 Å². The van der Waals surface area contributed by atoms with Gasteiger partial charge in [0.1, 0.15) is 5.82 Å². The third-order valence-electron chi connectivity index (χ3n) is 3.23. The fourth-order valence-electron chi connectivity index (χ4n) is 2.00. The number of benzene rings is 1. The van der Waals surface area contributed by atoms with Crippen LogP contribution in [0.15, 0.2) is 18.2 Å². The molecule has 0 aliphatic rings. The molecular weight excluding hydrogens is 239 g/mol. The van der Waals surface area contributed by atoms with Gasteiger partial charge in [-0.15, -0.1) is 0 Å². The number of hydrogen-bond donors (Lipinski definition) is 1. The Labute approximate surface area is 115 Å². The first-order valence-electron chi connectivity index (χ1n) is 6.94. The van der Waals surface area contributed by atoms with Gasteiger partial charge in [-0.1, -0.05) is 26.7 Å². The summed E-state index contributed by atoms with van der Waals surface area (Å²) in [5.74, 6) is 0.484. The van der Waals surface area contributed by atoms with Crippen LogP contribution < -0.4 is 5.32 Å². The first-order valence-corrected chi connectivity index (χ1v) is 6.94. The SMILES string of the molecule is CC(C)CCCC(C)NCc1cc(C#N)ccc1F. The summed E-state index contributed by atoms with van der Waals surface area (Å²) in [6.07, 6.45) is 3.51. The molecule has 0 fully saturated rings. The van der Waals surface area contributed by atoms with Crippen molar-refractivity contribution in [2.24, 2.45) is 5.92 Å². The molecule has 19 heavy (non-hydrogen) atoms. The molecule has 1 aromatic carbocycles. The third-order valence-corrected chi connectivity index (χ3v) is 3.23. The Kier molecular flexibility index (Phi) is 6.52. The molecule has 0 amide bonds. The van der Waals surface area contributed by atoms with Gasteiger partial charge in [-0.05, 0) is 37.5 Å². The summed E-state index contributed by atoms with van der Waals surface area (Å²) >= 11 is 0. The summed E-state index contributed by atoms with van der Waals surface area (Å²) in [6, 6.07) is 6.88. The first kappa shape index (κ1) is 15.7. The first-order chi connectivity index (χ1) is 9.02. The number of nitrogens with zero attached hydrogens (tertiary/aromatic N) is 1. The van der Waals surface area contributed by atoms with Gasteiger partial charge in [0.25, 0.3) is 0 Å². The Bertz CT molecular complexity index is 435. The van der Waals surface area contributed by atoms with Crippen molar-refractivity contribution in [3.8, 4) is 6.07 Å². The molecule has 104 valence electrons. The third kappa shape index (κ3) is 5.85. The van der Waals surface area contributed by atoms with Gasteiger partial charge in [0.15, 0.2) is 0 Å². The van der Waals surface area contributed by atoms with Crippen LogP contribution in [-0.2, 0) is 6.54 Å². The van der Waals surface area contributed by atoms with E-state index in [-0.39, 0.29) is 5.82 Å². The molecule has 0 bridgehead atoms. The number of halogens is 1. The van der Waals surface area contributed by atoms with Crippen LogP contribution in [0.4, 0.5) is 4.39 Å². The van der Waals surface area contributed by atoms with Crippen LogP contribution in [0.2, 0.25) is 0 Å². The maximum Gasteiger partial charge on any atom is 0.127 e. The molecule has 3 heteroatoms. The molecule has 1 unspecified atom stereocenters. The average Bonchev–Trinajstić information content (AvgIpc) is 2.37. The van der Waals surface area contributed by atoms with Gasteiger partial charge in [-0.3, -0.25) is 0 Å². The van der Waals surface area contributed by atoms with Crippen LogP contribution in [0.1, 0.15) is 51.2 Å². The van der Waals surface area contributed by atoms with E-state index in [1.807, 2.05) is 6.07 Å². The quantitative estimate of drug-likeness (QED) is 0.806. The molecule has 2 nitrogen and oxygen atoms in total. The largest absolute Gasteiger partial charge is 0.310 e. The van der Waals surface area contributed by atoms with E-state index in [9.17, 15) is 4.39 Å². The van der Waals surface area contributed by atoms with E-state index in [1.54, 1.807) is 6.07 Å². The van der Waals surface area contributed by atoms with Crippen molar-refractivity contribution in [2.45, 2.75) is 52.6 Å². The van der Waals surface area contributed by atoms with Crippen LogP contribution in [0.25, 0.3) is 0 Å². The standard InChI is InChI=1S/C16H23FN2/c1-12(2)5-4-6-13(3)19-11-15-9-14(10-18)7-8-16(15)17/h7-9,12-13,19H,4-6,11H2,1-3H3. The van der Waals surface area contributed by atoms with Gasteiger partial charge in [0.2, 0.25) is 0 Å². The zero-order valence-corrected chi connectivity index (χ0v) is 12.0. The van der Waals surface area contributed by atoms with Crippen molar-refractivity contribution in [1.82, 2.24) is 5.32 Å². The fraction of sp³-hybridized carbons (Fsp3) is 0.562. The van der Waals surface area contributed by atoms with Gasteiger partial charge >= 0.3 is 0 Å². The molecule has 1 N–H and O–H groups in total. The minimum absolute atomic E-state index is 0.249. The van der Waals surface area contributed by atoms with Crippen LogP contribution in [0.5, 0.6) is 0 Å². The highest BCUT2D eigenvalue weighted by Crippen LogP contribution is 2.12. The molecule has 0 aliphatic heterocycles. The van der Waals surface area contributed by atoms with E-state index in [2.05, 4.69) is 26.1 Å². The highest BCUT2D eigenvalue weighted by molar-refractivity contribution is 5.33. The number of rotatable bonds is 7. The van der Waals surface area contributed by atoms with Crippen LogP contribution in [0, 0.1) is 23.1 Å². The van der Waals surface area contributed by atoms with Crippen molar-refractivity contribution in [1.29, 1.82) is 5.26 Å². The van der Waals surface area contributed by atoms with Crippen LogP contribution in [-0.4, -0.2) is 6.04 Å². The second-order valence-electron chi connectivity index (χ2n) is 5.52. The molecule has 1 atom stereocenters. The van der Waals surface area contributed by atoms with Gasteiger partial charge in [0.05, 0.1) is 11.6 Å². The highest BCUT2D eigenvalue weighted by atomic mass is 19.1. The maximum atomic E-state index is 13.6. The summed E-state index contributed by atoms with van der Waals surface area (Å²) < 4.78 is 13.6. The Morgan fingerprint density at radius 2 is 2.00 bits per heavy atom. The molecule has 1 rings (SSSR count). The van der Waals surface area contributed by atoms with Crippen molar-refractivity contribution >= 4 is 0 Å². The lowest BCUT2D eigenvalue weighted by molar-refractivity contribution is 0.453. The molecule has 0 saturated heterocycles. The highest BCUT2D eigenvalue weighted by Gasteiger charge is 2.06. The van der Waals surface area contributed by atoms with E-state index in [1.165, 1.54) is 25.0 Å². The van der Waals surface area contributed by atoms with E-state index in [0.717, 1.165) is 12.3 Å². The monoisotopic (exact) mass is 262 g/mol. The molecule has 0 radical (unpaired) electrons.